The van der Waals surface area contributed by atoms with Gasteiger partial charge in [0, 0.05) is 19.6 Å². The van der Waals surface area contributed by atoms with Crippen LogP contribution in [0.5, 0.6) is 0 Å². The number of anilines is 1. The van der Waals surface area contributed by atoms with Crippen molar-refractivity contribution in [1.29, 1.82) is 0 Å². The highest BCUT2D eigenvalue weighted by atomic mass is 32.1. The molecule has 136 valence electrons. The molecule has 1 fully saturated rings. The fraction of sp³-hybridized carbons (Fsp3) is 0.412. The fourth-order valence-electron chi connectivity index (χ4n) is 2.92. The minimum absolute atomic E-state index is 0.0105. The van der Waals surface area contributed by atoms with E-state index in [1.54, 1.807) is 3.96 Å². The van der Waals surface area contributed by atoms with Gasteiger partial charge in [-0.3, -0.25) is 13.5 Å². The third-order valence-electron chi connectivity index (χ3n) is 4.21. The van der Waals surface area contributed by atoms with Crippen molar-refractivity contribution in [3.8, 4) is 0 Å². The molecule has 4 rings (SSSR count). The maximum absolute atomic E-state index is 12.3. The lowest BCUT2D eigenvalue weighted by Gasteiger charge is -2.03. The van der Waals surface area contributed by atoms with Crippen LogP contribution in [-0.2, 0) is 16.1 Å². The molecule has 9 heteroatoms. The Hall–Kier alpha value is -2.10. The minimum atomic E-state index is -0.116. The molecule has 1 amide bonds. The van der Waals surface area contributed by atoms with Crippen LogP contribution in [0.4, 0.5) is 5.13 Å². The summed E-state index contributed by atoms with van der Waals surface area (Å²) in [6, 6.07) is 7.55. The van der Waals surface area contributed by atoms with Crippen LogP contribution in [0.15, 0.2) is 29.1 Å². The first-order valence-electron chi connectivity index (χ1n) is 8.54. The summed E-state index contributed by atoms with van der Waals surface area (Å²) in [4.78, 5) is 24.4. The standard InChI is InChI=1S/C17H18N4O3S2/c22-14(18-17-20-19-15(25-17)12-6-4-10-24-12)8-3-9-21-16(23)11-5-1-2-7-13(11)26-21/h1-2,5,7,12H,3-4,6,8-10H2,(H,18,20,22)/t12-/m1/s1. The summed E-state index contributed by atoms with van der Waals surface area (Å²) >= 11 is 2.80. The summed E-state index contributed by atoms with van der Waals surface area (Å²) < 4.78 is 8.25. The summed E-state index contributed by atoms with van der Waals surface area (Å²) in [5, 5.41) is 12.9. The third kappa shape index (κ3) is 3.69. The SMILES string of the molecule is O=C(CCCn1sc2ccccc2c1=O)Nc1nnc([C@H]2CCCO2)s1. The van der Waals surface area contributed by atoms with Crippen LogP contribution < -0.4 is 10.9 Å². The second-order valence-corrected chi connectivity index (χ2v) is 8.17. The average Bonchev–Trinajstić information content (AvgIpc) is 3.36. The van der Waals surface area contributed by atoms with Crippen LogP contribution >= 0.6 is 22.9 Å². The van der Waals surface area contributed by atoms with Crippen LogP contribution in [0.25, 0.3) is 10.1 Å². The van der Waals surface area contributed by atoms with Gasteiger partial charge in [0.1, 0.15) is 11.1 Å². The number of rotatable bonds is 6. The molecule has 0 radical (unpaired) electrons. The number of aromatic nitrogens is 3. The molecular weight excluding hydrogens is 372 g/mol. The molecule has 1 aliphatic heterocycles. The monoisotopic (exact) mass is 390 g/mol. The Morgan fingerprint density at radius 1 is 1.35 bits per heavy atom. The Bertz CT molecular complexity index is 972. The number of carbonyl (C=O) groups is 1. The van der Waals surface area contributed by atoms with Crippen molar-refractivity contribution < 1.29 is 9.53 Å². The Labute approximate surface area is 157 Å². The molecule has 0 saturated carbocycles. The summed E-state index contributed by atoms with van der Waals surface area (Å²) in [6.45, 7) is 1.28. The number of nitrogens with zero attached hydrogens (tertiary/aromatic N) is 3. The lowest BCUT2D eigenvalue weighted by Crippen LogP contribution is -2.16. The van der Waals surface area contributed by atoms with Gasteiger partial charge in [0.25, 0.3) is 5.56 Å². The highest BCUT2D eigenvalue weighted by molar-refractivity contribution is 7.15. The Kier molecular flexibility index (Phi) is 5.09. The van der Waals surface area contributed by atoms with E-state index in [0.29, 0.717) is 24.5 Å². The van der Waals surface area contributed by atoms with Crippen LogP contribution in [-0.4, -0.2) is 26.7 Å². The average molecular weight is 390 g/mol. The predicted octanol–water partition coefficient (Wildman–Crippen LogP) is 3.18. The largest absolute Gasteiger partial charge is 0.371 e. The molecular formula is C17H18N4O3S2. The van der Waals surface area contributed by atoms with Gasteiger partial charge in [0.2, 0.25) is 11.0 Å². The summed E-state index contributed by atoms with van der Waals surface area (Å²) in [5.74, 6) is -0.116. The van der Waals surface area contributed by atoms with Gasteiger partial charge < -0.3 is 10.1 Å². The lowest BCUT2D eigenvalue weighted by molar-refractivity contribution is -0.116. The summed E-state index contributed by atoms with van der Waals surface area (Å²) in [6.07, 6.45) is 2.92. The number of hydrogen-bond acceptors (Lipinski definition) is 7. The number of aryl methyl sites for hydroxylation is 1. The first kappa shape index (κ1) is 17.3. The maximum atomic E-state index is 12.3. The van der Waals surface area contributed by atoms with E-state index in [-0.39, 0.29) is 17.6 Å². The van der Waals surface area contributed by atoms with E-state index in [1.807, 2.05) is 24.3 Å². The van der Waals surface area contributed by atoms with Crippen LogP contribution in [0.2, 0.25) is 0 Å². The zero-order chi connectivity index (χ0) is 17.9. The van der Waals surface area contributed by atoms with Gasteiger partial charge >= 0.3 is 0 Å². The van der Waals surface area contributed by atoms with E-state index < -0.39 is 0 Å². The Morgan fingerprint density at radius 2 is 2.23 bits per heavy atom. The molecule has 7 nitrogen and oxygen atoms in total. The molecule has 1 aromatic carbocycles. The van der Waals surface area contributed by atoms with Gasteiger partial charge in [0.05, 0.1) is 10.1 Å². The normalized spacial score (nSPS) is 17.0. The van der Waals surface area contributed by atoms with Crippen molar-refractivity contribution in [2.24, 2.45) is 0 Å². The quantitative estimate of drug-likeness (QED) is 0.699. The molecule has 1 aliphatic rings. The lowest BCUT2D eigenvalue weighted by atomic mass is 10.2. The number of amides is 1. The number of benzene rings is 1. The van der Waals surface area contributed by atoms with E-state index in [2.05, 4.69) is 15.5 Å². The Balaban J connectivity index is 1.30. The molecule has 2 aromatic heterocycles. The van der Waals surface area contributed by atoms with E-state index >= 15 is 0 Å². The molecule has 0 spiro atoms. The smallest absolute Gasteiger partial charge is 0.268 e. The topological polar surface area (TPSA) is 86.1 Å². The second-order valence-electron chi connectivity index (χ2n) is 6.09. The maximum Gasteiger partial charge on any atom is 0.268 e. The van der Waals surface area contributed by atoms with E-state index in [9.17, 15) is 9.59 Å². The first-order valence-corrected chi connectivity index (χ1v) is 10.1. The molecule has 3 aromatic rings. The summed E-state index contributed by atoms with van der Waals surface area (Å²) in [7, 11) is 0. The van der Waals surface area contributed by atoms with Crippen molar-refractivity contribution in [3.63, 3.8) is 0 Å². The van der Waals surface area contributed by atoms with Gasteiger partial charge in [-0.15, -0.1) is 10.2 Å². The molecule has 0 unspecified atom stereocenters. The molecule has 1 saturated heterocycles. The molecule has 0 aliphatic carbocycles. The zero-order valence-corrected chi connectivity index (χ0v) is 15.6. The molecule has 26 heavy (non-hydrogen) atoms. The predicted molar refractivity (Wildman–Crippen MR) is 102 cm³/mol. The summed E-state index contributed by atoms with van der Waals surface area (Å²) in [5.41, 5.74) is 0.0105. The highest BCUT2D eigenvalue weighted by Crippen LogP contribution is 2.31. The molecule has 0 bridgehead atoms. The number of carbonyl (C=O) groups excluding carboxylic acids is 1. The third-order valence-corrected chi connectivity index (χ3v) is 6.26. The van der Waals surface area contributed by atoms with Crippen molar-refractivity contribution in [3.05, 3.63) is 39.6 Å². The first-order chi connectivity index (χ1) is 12.7. The van der Waals surface area contributed by atoms with Crippen molar-refractivity contribution in [1.82, 2.24) is 14.2 Å². The fourth-order valence-corrected chi connectivity index (χ4v) is 4.79. The zero-order valence-electron chi connectivity index (χ0n) is 14.0. The van der Waals surface area contributed by atoms with Crippen LogP contribution in [0.3, 0.4) is 0 Å². The van der Waals surface area contributed by atoms with Gasteiger partial charge in [-0.05, 0) is 31.4 Å². The van der Waals surface area contributed by atoms with Gasteiger partial charge in [0.15, 0.2) is 0 Å². The highest BCUT2D eigenvalue weighted by Gasteiger charge is 2.22. The van der Waals surface area contributed by atoms with Crippen molar-refractivity contribution in [2.75, 3.05) is 11.9 Å². The minimum Gasteiger partial charge on any atom is -0.371 e. The van der Waals surface area contributed by atoms with Gasteiger partial charge in [-0.1, -0.05) is 35.0 Å². The number of ether oxygens (including phenoxy) is 1. The number of hydrogen-bond donors (Lipinski definition) is 1. The van der Waals surface area contributed by atoms with E-state index in [0.717, 1.165) is 34.5 Å². The second kappa shape index (κ2) is 7.65. The molecule has 1 atom stereocenters. The van der Waals surface area contributed by atoms with E-state index in [4.69, 9.17) is 4.74 Å². The van der Waals surface area contributed by atoms with E-state index in [1.165, 1.54) is 22.9 Å². The Morgan fingerprint density at radius 3 is 3.04 bits per heavy atom. The van der Waals surface area contributed by atoms with Crippen molar-refractivity contribution in [2.45, 2.75) is 38.3 Å². The number of fused-ring (bicyclic) bond motifs is 1. The number of nitrogens with one attached hydrogen (secondary N) is 1. The van der Waals surface area contributed by atoms with Crippen LogP contribution in [0.1, 0.15) is 36.8 Å². The van der Waals surface area contributed by atoms with Gasteiger partial charge in [-0.2, -0.15) is 0 Å². The molecule has 1 N–H and O–H groups in total. The molecule has 3 heterocycles. The van der Waals surface area contributed by atoms with Crippen molar-refractivity contribution >= 4 is 44.0 Å². The van der Waals surface area contributed by atoms with Crippen LogP contribution in [0, 0.1) is 0 Å². The van der Waals surface area contributed by atoms with Gasteiger partial charge in [-0.25, -0.2) is 0 Å².